The highest BCUT2D eigenvalue weighted by molar-refractivity contribution is 7.98. The van der Waals surface area contributed by atoms with Gasteiger partial charge >= 0.3 is 0 Å². The molecule has 156 valence electrons. The van der Waals surface area contributed by atoms with Crippen LogP contribution < -0.4 is 10.1 Å². The number of nitrogens with one attached hydrogen (secondary N) is 1. The summed E-state index contributed by atoms with van der Waals surface area (Å²) >= 11 is 9.48. The second-order valence-electron chi connectivity index (χ2n) is 6.63. The molecule has 0 fully saturated rings. The first-order valence-corrected chi connectivity index (χ1v) is 11.9. The predicted molar refractivity (Wildman–Crippen MR) is 131 cm³/mol. The van der Waals surface area contributed by atoms with E-state index in [1.165, 1.54) is 11.3 Å². The number of carbonyl (C=O) groups is 1. The Labute approximate surface area is 194 Å². The Morgan fingerprint density at radius 2 is 1.87 bits per heavy atom. The molecule has 0 spiro atoms. The number of methoxy groups -OCH3 is 1. The van der Waals surface area contributed by atoms with Crippen molar-refractivity contribution in [2.75, 3.05) is 18.7 Å². The van der Waals surface area contributed by atoms with E-state index in [2.05, 4.69) is 10.3 Å². The summed E-state index contributed by atoms with van der Waals surface area (Å²) in [5.74, 6) is 0.581. The minimum atomic E-state index is -0.189. The van der Waals surface area contributed by atoms with Crippen LogP contribution in [-0.4, -0.2) is 24.3 Å². The number of carbonyl (C=O) groups excluding carboxylic acids is 1. The summed E-state index contributed by atoms with van der Waals surface area (Å²) in [5, 5.41) is 6.30. The van der Waals surface area contributed by atoms with Gasteiger partial charge < -0.3 is 10.1 Å². The lowest BCUT2D eigenvalue weighted by Gasteiger charge is -2.13. The maximum absolute atomic E-state index is 13.2. The monoisotopic (exact) mass is 466 g/mol. The number of hydrogen-bond acceptors (Lipinski definition) is 5. The van der Waals surface area contributed by atoms with E-state index in [1.807, 2.05) is 60.2 Å². The van der Waals surface area contributed by atoms with Crippen LogP contribution in [0.25, 0.3) is 21.7 Å². The van der Waals surface area contributed by atoms with Crippen molar-refractivity contribution < 1.29 is 9.53 Å². The van der Waals surface area contributed by atoms with Crippen LogP contribution in [0, 0.1) is 0 Å². The van der Waals surface area contributed by atoms with E-state index in [1.54, 1.807) is 37.2 Å². The summed E-state index contributed by atoms with van der Waals surface area (Å²) in [6, 6.07) is 19.0. The highest BCUT2D eigenvalue weighted by atomic mass is 35.5. The van der Waals surface area contributed by atoms with Crippen molar-refractivity contribution in [3.8, 4) is 27.4 Å². The van der Waals surface area contributed by atoms with Crippen LogP contribution in [0.1, 0.15) is 10.4 Å². The molecular formula is C24H19ClN2O2S2. The molecule has 1 N–H and O–H groups in total. The van der Waals surface area contributed by atoms with Crippen molar-refractivity contribution >= 4 is 46.3 Å². The molecule has 0 atom stereocenters. The number of hydrogen-bond donors (Lipinski definition) is 1. The van der Waals surface area contributed by atoms with Crippen LogP contribution in [0.3, 0.4) is 0 Å². The number of anilines is 1. The van der Waals surface area contributed by atoms with Gasteiger partial charge in [-0.1, -0.05) is 23.7 Å². The number of halogens is 1. The Bertz CT molecular complexity index is 1210. The highest BCUT2D eigenvalue weighted by Gasteiger charge is 2.16. The van der Waals surface area contributed by atoms with E-state index in [0.29, 0.717) is 16.3 Å². The number of ether oxygens (including phenoxy) is 1. The number of benzene rings is 3. The highest BCUT2D eigenvalue weighted by Crippen LogP contribution is 2.33. The summed E-state index contributed by atoms with van der Waals surface area (Å²) in [6.07, 6.45) is 3.75. The van der Waals surface area contributed by atoms with Gasteiger partial charge in [0, 0.05) is 33.3 Å². The van der Waals surface area contributed by atoms with Crippen molar-refractivity contribution in [3.05, 3.63) is 82.8 Å². The normalized spacial score (nSPS) is 10.7. The fourth-order valence-corrected chi connectivity index (χ4v) is 4.55. The molecule has 0 radical (unpaired) electrons. The van der Waals surface area contributed by atoms with Gasteiger partial charge in [-0.2, -0.15) is 0 Å². The van der Waals surface area contributed by atoms with Crippen molar-refractivity contribution in [2.45, 2.75) is 4.90 Å². The minimum absolute atomic E-state index is 0.189. The van der Waals surface area contributed by atoms with Gasteiger partial charge in [0.15, 0.2) is 0 Å². The number of thioether (sulfide) groups is 1. The summed E-state index contributed by atoms with van der Waals surface area (Å²) in [4.78, 5) is 18.6. The molecule has 4 aromatic rings. The second-order valence-corrected chi connectivity index (χ2v) is 8.81. The molecule has 0 bridgehead atoms. The molecule has 0 unspecified atom stereocenters. The fraction of sp³-hybridized carbons (Fsp3) is 0.0833. The number of aromatic nitrogens is 1. The molecule has 0 saturated heterocycles. The van der Waals surface area contributed by atoms with E-state index in [4.69, 9.17) is 16.3 Å². The molecule has 3 aromatic carbocycles. The van der Waals surface area contributed by atoms with Gasteiger partial charge in [-0.25, -0.2) is 4.98 Å². The van der Waals surface area contributed by atoms with E-state index in [-0.39, 0.29) is 5.91 Å². The summed E-state index contributed by atoms with van der Waals surface area (Å²) in [6.45, 7) is 0. The van der Waals surface area contributed by atoms with Gasteiger partial charge in [-0.05, 0) is 65.9 Å². The molecule has 0 saturated carbocycles. The third-order valence-electron chi connectivity index (χ3n) is 4.76. The average Bonchev–Trinajstić information content (AvgIpc) is 3.34. The third kappa shape index (κ3) is 4.77. The molecule has 0 aliphatic rings. The van der Waals surface area contributed by atoms with Crippen molar-refractivity contribution in [3.63, 3.8) is 0 Å². The van der Waals surface area contributed by atoms with Crippen LogP contribution in [0.2, 0.25) is 5.02 Å². The third-order valence-corrected chi connectivity index (χ3v) is 6.62. The fourth-order valence-electron chi connectivity index (χ4n) is 3.18. The second kappa shape index (κ2) is 9.56. The Morgan fingerprint density at radius 3 is 2.55 bits per heavy atom. The van der Waals surface area contributed by atoms with Crippen LogP contribution >= 0.6 is 34.7 Å². The Hall–Kier alpha value is -2.80. The lowest BCUT2D eigenvalue weighted by Crippen LogP contribution is -2.13. The first kappa shape index (κ1) is 21.4. The lowest BCUT2D eigenvalue weighted by atomic mass is 9.99. The van der Waals surface area contributed by atoms with E-state index in [0.717, 1.165) is 32.3 Å². The molecule has 0 aliphatic heterocycles. The summed E-state index contributed by atoms with van der Waals surface area (Å²) < 4.78 is 5.26. The molecule has 7 heteroatoms. The number of thiazole rings is 1. The average molecular weight is 467 g/mol. The standard InChI is InChI=1S/C24H19ClN2O2S2/c1-29-17-6-3-15(4-7-17)20-14-18(30-2)8-9-19(20)23(28)27-16-5-10-22(25)21(13-16)24-26-11-12-31-24/h3-14H,1-2H3,(H,27,28). The van der Waals surface area contributed by atoms with Gasteiger partial charge in [-0.3, -0.25) is 4.79 Å². The number of rotatable bonds is 6. The van der Waals surface area contributed by atoms with Gasteiger partial charge in [-0.15, -0.1) is 23.1 Å². The van der Waals surface area contributed by atoms with Gasteiger partial charge in [0.1, 0.15) is 10.8 Å². The van der Waals surface area contributed by atoms with Crippen LogP contribution in [0.4, 0.5) is 5.69 Å². The maximum Gasteiger partial charge on any atom is 0.256 e. The van der Waals surface area contributed by atoms with E-state index < -0.39 is 0 Å². The molecule has 31 heavy (non-hydrogen) atoms. The van der Waals surface area contributed by atoms with Gasteiger partial charge in [0.2, 0.25) is 0 Å². The summed E-state index contributed by atoms with van der Waals surface area (Å²) in [5.41, 5.74) is 3.85. The van der Waals surface area contributed by atoms with Gasteiger partial charge in [0.05, 0.1) is 12.1 Å². The molecule has 1 amide bonds. The number of amides is 1. The SMILES string of the molecule is COc1ccc(-c2cc(SC)ccc2C(=O)Nc2ccc(Cl)c(-c3nccs3)c2)cc1. The first-order valence-electron chi connectivity index (χ1n) is 9.42. The van der Waals surface area contributed by atoms with Crippen molar-refractivity contribution in [1.82, 2.24) is 4.98 Å². The molecule has 1 aromatic heterocycles. The Kier molecular flexibility index (Phi) is 6.61. The molecule has 4 nitrogen and oxygen atoms in total. The topological polar surface area (TPSA) is 51.2 Å². The summed E-state index contributed by atoms with van der Waals surface area (Å²) in [7, 11) is 1.63. The van der Waals surface area contributed by atoms with Crippen LogP contribution in [-0.2, 0) is 0 Å². The zero-order valence-electron chi connectivity index (χ0n) is 16.9. The zero-order chi connectivity index (χ0) is 21.8. The Balaban J connectivity index is 1.68. The molecule has 1 heterocycles. The molecule has 4 rings (SSSR count). The van der Waals surface area contributed by atoms with Crippen LogP contribution in [0.15, 0.2) is 77.1 Å². The van der Waals surface area contributed by atoms with E-state index >= 15 is 0 Å². The van der Waals surface area contributed by atoms with Crippen molar-refractivity contribution in [1.29, 1.82) is 0 Å². The zero-order valence-corrected chi connectivity index (χ0v) is 19.3. The lowest BCUT2D eigenvalue weighted by molar-refractivity contribution is 0.102. The maximum atomic E-state index is 13.2. The predicted octanol–water partition coefficient (Wildman–Crippen LogP) is 7.11. The largest absolute Gasteiger partial charge is 0.497 e. The van der Waals surface area contributed by atoms with Crippen LogP contribution in [0.5, 0.6) is 5.75 Å². The van der Waals surface area contributed by atoms with E-state index in [9.17, 15) is 4.79 Å². The van der Waals surface area contributed by atoms with Gasteiger partial charge in [0.25, 0.3) is 5.91 Å². The quantitative estimate of drug-likeness (QED) is 0.307. The first-order chi connectivity index (χ1) is 15.1. The molecule has 0 aliphatic carbocycles. The Morgan fingerprint density at radius 1 is 1.06 bits per heavy atom. The smallest absolute Gasteiger partial charge is 0.256 e. The van der Waals surface area contributed by atoms with Crippen molar-refractivity contribution in [2.24, 2.45) is 0 Å². The minimum Gasteiger partial charge on any atom is -0.497 e. The number of nitrogens with zero attached hydrogens (tertiary/aromatic N) is 1. The molecular weight excluding hydrogens is 448 g/mol.